The first-order chi connectivity index (χ1) is 25.5. The van der Waals surface area contributed by atoms with Crippen LogP contribution in [0.4, 0.5) is 0 Å². The topological polar surface area (TPSA) is 43.6 Å². The molecule has 4 heteroatoms. The Hall–Kier alpha value is -6.65. The lowest BCUT2D eigenvalue weighted by atomic mass is 9.81. The van der Waals surface area contributed by atoms with E-state index in [2.05, 4.69) is 152 Å². The van der Waals surface area contributed by atoms with Gasteiger partial charge in [-0.2, -0.15) is 0 Å². The minimum absolute atomic E-state index is 0.221. The van der Waals surface area contributed by atoms with E-state index < -0.39 is 0 Å². The molecular weight excluding hydrogens is 633 g/mol. The Morgan fingerprint density at radius 1 is 0.404 bits per heavy atom. The molecule has 0 aliphatic heterocycles. The van der Waals surface area contributed by atoms with Crippen molar-refractivity contribution >= 4 is 21.8 Å². The minimum atomic E-state index is -0.221. The van der Waals surface area contributed by atoms with E-state index in [1.54, 1.807) is 0 Å². The third-order valence-electron chi connectivity index (χ3n) is 10.6. The van der Waals surface area contributed by atoms with E-state index in [9.17, 15) is 0 Å². The average molecular weight is 667 g/mol. The van der Waals surface area contributed by atoms with Crippen molar-refractivity contribution in [1.82, 2.24) is 19.5 Å². The minimum Gasteiger partial charge on any atom is -0.309 e. The van der Waals surface area contributed by atoms with Gasteiger partial charge >= 0.3 is 0 Å². The fourth-order valence-electron chi connectivity index (χ4n) is 8.10. The summed E-state index contributed by atoms with van der Waals surface area (Å²) < 4.78 is 2.36. The Kier molecular flexibility index (Phi) is 6.80. The molecule has 2 heterocycles. The van der Waals surface area contributed by atoms with E-state index in [0.717, 1.165) is 33.5 Å². The lowest BCUT2D eigenvalue weighted by Crippen LogP contribution is -2.15. The number of benzene rings is 7. The highest BCUT2D eigenvalue weighted by Gasteiger charge is 2.38. The van der Waals surface area contributed by atoms with Crippen LogP contribution in [0.25, 0.3) is 83.9 Å². The van der Waals surface area contributed by atoms with Crippen LogP contribution in [0.15, 0.2) is 170 Å². The zero-order chi connectivity index (χ0) is 34.8. The molecule has 1 aliphatic rings. The van der Waals surface area contributed by atoms with Crippen molar-refractivity contribution in [3.05, 3.63) is 181 Å². The summed E-state index contributed by atoms with van der Waals surface area (Å²) in [5.74, 6) is 1.98. The molecule has 52 heavy (non-hydrogen) atoms. The van der Waals surface area contributed by atoms with Crippen LogP contribution in [0.1, 0.15) is 25.0 Å². The molecule has 0 radical (unpaired) electrons. The number of para-hydroxylation sites is 2. The summed E-state index contributed by atoms with van der Waals surface area (Å²) in [5, 5.41) is 2.45. The van der Waals surface area contributed by atoms with Crippen LogP contribution in [0, 0.1) is 0 Å². The average Bonchev–Trinajstić information content (AvgIpc) is 3.66. The number of rotatable bonds is 5. The Labute approximate surface area is 302 Å². The van der Waals surface area contributed by atoms with Gasteiger partial charge in [0.25, 0.3) is 0 Å². The summed E-state index contributed by atoms with van der Waals surface area (Å²) in [6, 6.07) is 60.1. The molecule has 4 nitrogen and oxygen atoms in total. The van der Waals surface area contributed by atoms with Gasteiger partial charge < -0.3 is 4.57 Å². The van der Waals surface area contributed by atoms with Crippen LogP contribution in [-0.2, 0) is 5.41 Å². The third kappa shape index (κ3) is 4.72. The van der Waals surface area contributed by atoms with Crippen LogP contribution in [-0.4, -0.2) is 19.5 Å². The number of aromatic nitrogens is 4. The Balaban J connectivity index is 1.25. The van der Waals surface area contributed by atoms with Gasteiger partial charge in [-0.15, -0.1) is 0 Å². The van der Waals surface area contributed by atoms with Crippen molar-refractivity contribution in [3.63, 3.8) is 0 Å². The molecule has 0 N–H and O–H groups in total. The molecule has 0 unspecified atom stereocenters. The molecular formula is C48H34N4. The van der Waals surface area contributed by atoms with E-state index >= 15 is 0 Å². The van der Waals surface area contributed by atoms with Gasteiger partial charge in [-0.05, 0) is 75.8 Å². The molecule has 0 amide bonds. The molecule has 9 aromatic rings. The second-order valence-corrected chi connectivity index (χ2v) is 14.1. The van der Waals surface area contributed by atoms with Crippen molar-refractivity contribution in [1.29, 1.82) is 0 Å². The maximum atomic E-state index is 5.23. The van der Waals surface area contributed by atoms with E-state index in [1.165, 1.54) is 44.1 Å². The molecule has 0 fully saturated rings. The molecule has 0 bridgehead atoms. The van der Waals surface area contributed by atoms with Gasteiger partial charge in [0, 0.05) is 38.6 Å². The van der Waals surface area contributed by atoms with Crippen LogP contribution in [0.2, 0.25) is 0 Å². The highest BCUT2D eigenvalue weighted by atomic mass is 15.0. The fourth-order valence-corrected chi connectivity index (χ4v) is 8.10. The molecule has 246 valence electrons. The normalized spacial score (nSPS) is 13.0. The monoisotopic (exact) mass is 666 g/mol. The summed E-state index contributed by atoms with van der Waals surface area (Å²) in [5.41, 5.74) is 13.5. The van der Waals surface area contributed by atoms with Crippen molar-refractivity contribution in [2.45, 2.75) is 19.3 Å². The van der Waals surface area contributed by atoms with Crippen molar-refractivity contribution < 1.29 is 0 Å². The van der Waals surface area contributed by atoms with Crippen molar-refractivity contribution in [2.24, 2.45) is 0 Å². The second kappa shape index (κ2) is 11.7. The van der Waals surface area contributed by atoms with Crippen LogP contribution in [0.5, 0.6) is 0 Å². The lowest BCUT2D eigenvalue weighted by Gasteiger charge is -2.23. The number of hydrogen-bond donors (Lipinski definition) is 0. The number of fused-ring (bicyclic) bond motifs is 6. The van der Waals surface area contributed by atoms with Crippen molar-refractivity contribution in [2.75, 3.05) is 0 Å². The third-order valence-corrected chi connectivity index (χ3v) is 10.6. The van der Waals surface area contributed by atoms with Crippen molar-refractivity contribution in [3.8, 4) is 62.1 Å². The first kappa shape index (κ1) is 30.2. The molecule has 2 aromatic heterocycles. The van der Waals surface area contributed by atoms with Gasteiger partial charge in [-0.1, -0.05) is 141 Å². The van der Waals surface area contributed by atoms with E-state index in [1.807, 2.05) is 36.4 Å². The van der Waals surface area contributed by atoms with E-state index in [4.69, 9.17) is 15.0 Å². The molecule has 0 spiro atoms. The molecule has 0 saturated carbocycles. The van der Waals surface area contributed by atoms with E-state index in [-0.39, 0.29) is 5.41 Å². The number of hydrogen-bond acceptors (Lipinski definition) is 3. The standard InChI is InChI=1S/C48H34N4/c1-48(2)40-24-14-12-23-37(40)44-39(47-50-45(31-16-6-3-7-17-31)49-46(51-47)32-18-8-4-9-19-32)29-34(30-41(44)48)33-26-27-43-38(28-33)36-22-13-15-25-42(36)52(43)35-20-10-5-11-21-35/h3-30H,1-2H3. The summed E-state index contributed by atoms with van der Waals surface area (Å²) >= 11 is 0. The molecule has 10 rings (SSSR count). The molecule has 0 saturated heterocycles. The maximum absolute atomic E-state index is 5.23. The smallest absolute Gasteiger partial charge is 0.164 e. The zero-order valence-electron chi connectivity index (χ0n) is 29.0. The zero-order valence-corrected chi connectivity index (χ0v) is 29.0. The Morgan fingerprint density at radius 2 is 0.981 bits per heavy atom. The van der Waals surface area contributed by atoms with Crippen LogP contribution in [0.3, 0.4) is 0 Å². The van der Waals surface area contributed by atoms with Crippen LogP contribution >= 0.6 is 0 Å². The highest BCUT2D eigenvalue weighted by molar-refractivity contribution is 6.10. The first-order valence-electron chi connectivity index (χ1n) is 17.8. The quantitative estimate of drug-likeness (QED) is 0.184. The SMILES string of the molecule is CC1(C)c2ccccc2-c2c(-c3nc(-c4ccccc4)nc(-c4ccccc4)n3)cc(-c3ccc4c(c3)c3ccccc3n4-c3ccccc3)cc21. The Bertz CT molecular complexity index is 2740. The lowest BCUT2D eigenvalue weighted by molar-refractivity contribution is 0.660. The van der Waals surface area contributed by atoms with Gasteiger partial charge in [-0.25, -0.2) is 15.0 Å². The Morgan fingerprint density at radius 3 is 1.69 bits per heavy atom. The van der Waals surface area contributed by atoms with Crippen LogP contribution < -0.4 is 0 Å². The van der Waals surface area contributed by atoms with E-state index in [0.29, 0.717) is 17.5 Å². The van der Waals surface area contributed by atoms with Gasteiger partial charge in [-0.3, -0.25) is 0 Å². The van der Waals surface area contributed by atoms with Gasteiger partial charge in [0.2, 0.25) is 0 Å². The molecule has 0 atom stereocenters. The van der Waals surface area contributed by atoms with Gasteiger partial charge in [0.1, 0.15) is 0 Å². The van der Waals surface area contributed by atoms with Gasteiger partial charge in [0.05, 0.1) is 11.0 Å². The van der Waals surface area contributed by atoms with Gasteiger partial charge in [0.15, 0.2) is 17.5 Å². The second-order valence-electron chi connectivity index (χ2n) is 14.1. The summed E-state index contributed by atoms with van der Waals surface area (Å²) in [6.07, 6.45) is 0. The fraction of sp³-hybridized carbons (Fsp3) is 0.0625. The summed E-state index contributed by atoms with van der Waals surface area (Å²) in [6.45, 7) is 4.67. The predicted octanol–water partition coefficient (Wildman–Crippen LogP) is 11.9. The first-order valence-corrected chi connectivity index (χ1v) is 17.8. The maximum Gasteiger partial charge on any atom is 0.164 e. The molecule has 7 aromatic carbocycles. The predicted molar refractivity (Wildman–Crippen MR) is 213 cm³/mol. The molecule has 1 aliphatic carbocycles. The highest BCUT2D eigenvalue weighted by Crippen LogP contribution is 2.53. The summed E-state index contributed by atoms with van der Waals surface area (Å²) in [4.78, 5) is 15.5. The largest absolute Gasteiger partial charge is 0.309 e. The number of nitrogens with zero attached hydrogens (tertiary/aromatic N) is 4. The summed E-state index contributed by atoms with van der Waals surface area (Å²) in [7, 11) is 0.